The van der Waals surface area contributed by atoms with E-state index in [9.17, 15) is 24.0 Å². The maximum absolute atomic E-state index is 13.0. The lowest BCUT2D eigenvalue weighted by molar-refractivity contribution is -0.159. The van der Waals surface area contributed by atoms with Crippen LogP contribution in [0.15, 0.2) is 24.3 Å². The summed E-state index contributed by atoms with van der Waals surface area (Å²) in [7, 11) is 0. The van der Waals surface area contributed by atoms with Gasteiger partial charge in [-0.25, -0.2) is 4.79 Å². The molecule has 4 rings (SSSR count). The number of nitrogens with one attached hydrogen (secondary N) is 2. The number of alkyl halides is 2. The number of likely N-dealkylation sites (tertiary alicyclic amines) is 1. The van der Waals surface area contributed by atoms with Crippen LogP contribution in [0.1, 0.15) is 20.3 Å². The van der Waals surface area contributed by atoms with Gasteiger partial charge in [0.2, 0.25) is 17.7 Å². The minimum atomic E-state index is -1.11. The van der Waals surface area contributed by atoms with Crippen LogP contribution in [-0.4, -0.2) is 56.8 Å². The van der Waals surface area contributed by atoms with Gasteiger partial charge in [0.1, 0.15) is 6.04 Å². The highest BCUT2D eigenvalue weighted by Crippen LogP contribution is 2.60. The number of benzene rings is 1. The number of anilines is 2. The first kappa shape index (κ1) is 23.9. The normalized spacial score (nSPS) is 30.7. The second-order valence-corrected chi connectivity index (χ2v) is 10.8. The van der Waals surface area contributed by atoms with Gasteiger partial charge < -0.3 is 15.4 Å². The highest BCUT2D eigenvalue weighted by atomic mass is 79.9. The molecule has 3 aliphatic rings. The third kappa shape index (κ3) is 4.32. The van der Waals surface area contributed by atoms with Crippen molar-refractivity contribution in [2.75, 3.05) is 17.2 Å². The highest BCUT2D eigenvalue weighted by molar-refractivity contribution is 9.12. The van der Waals surface area contributed by atoms with Crippen LogP contribution in [0.2, 0.25) is 0 Å². The van der Waals surface area contributed by atoms with Gasteiger partial charge in [-0.15, -0.1) is 0 Å². The summed E-state index contributed by atoms with van der Waals surface area (Å²) in [6.45, 7) is 2.27. The summed E-state index contributed by atoms with van der Waals surface area (Å²) in [5.74, 6) is -3.00. The van der Waals surface area contributed by atoms with Crippen LogP contribution in [0.25, 0.3) is 0 Å². The van der Waals surface area contributed by atoms with Crippen molar-refractivity contribution in [3.05, 3.63) is 24.3 Å². The molecule has 3 fully saturated rings. The minimum Gasteiger partial charge on any atom is -0.454 e. The Balaban J connectivity index is 1.32. The number of halogens is 2. The number of rotatable bonds is 6. The van der Waals surface area contributed by atoms with Gasteiger partial charge in [0.25, 0.3) is 5.91 Å². The van der Waals surface area contributed by atoms with E-state index in [-0.39, 0.29) is 39.2 Å². The summed E-state index contributed by atoms with van der Waals surface area (Å²) >= 11 is 7.26. The Kier molecular flexibility index (Phi) is 6.63. The van der Waals surface area contributed by atoms with Gasteiger partial charge >= 0.3 is 5.97 Å². The summed E-state index contributed by atoms with van der Waals surface area (Å²) in [6, 6.07) is 5.32. The van der Waals surface area contributed by atoms with Gasteiger partial charge in [0.15, 0.2) is 6.61 Å². The summed E-state index contributed by atoms with van der Waals surface area (Å²) in [5.41, 5.74) is 1.04. The zero-order chi connectivity index (χ0) is 24.0. The maximum Gasteiger partial charge on any atom is 0.329 e. The number of nitrogens with zero attached hydrogens (tertiary/aromatic N) is 1. The van der Waals surface area contributed by atoms with Gasteiger partial charge in [0.05, 0.1) is 11.8 Å². The van der Waals surface area contributed by atoms with E-state index in [0.717, 1.165) is 11.3 Å². The summed E-state index contributed by atoms with van der Waals surface area (Å²) in [4.78, 5) is 63.0. The molecule has 176 valence electrons. The summed E-state index contributed by atoms with van der Waals surface area (Å²) in [6.07, 6.45) is 0.803. The predicted octanol–water partition coefficient (Wildman–Crippen LogP) is 2.29. The van der Waals surface area contributed by atoms with Crippen molar-refractivity contribution in [2.24, 2.45) is 23.7 Å². The average molecular weight is 585 g/mol. The molecule has 1 aromatic carbocycles. The van der Waals surface area contributed by atoms with Gasteiger partial charge in [-0.1, -0.05) is 31.9 Å². The Morgan fingerprint density at radius 3 is 1.97 bits per heavy atom. The second-order valence-electron chi connectivity index (χ2n) is 8.64. The first-order valence-corrected chi connectivity index (χ1v) is 12.4. The smallest absolute Gasteiger partial charge is 0.329 e. The molecule has 1 aromatic rings. The molecule has 0 aromatic heterocycles. The standard InChI is InChI=1S/C22H23Br2N3O6/c1-9(27-20(30)16-13-7-14(17(16)21(27)31)19(24)18(13)23)22(32)33-8-15(29)26-12-5-3-11(4-6-12)25-10(2)28/h3-6,9,13-14,16-19H,7-8H2,1-2H3,(H,25,28)(H,26,29)/t9-,13+,14+,16-,17+,18-,19+/m0/s1. The molecule has 0 unspecified atom stereocenters. The Morgan fingerprint density at radius 2 is 1.48 bits per heavy atom. The van der Waals surface area contributed by atoms with Crippen molar-refractivity contribution in [1.82, 2.24) is 4.90 Å². The molecular formula is C22H23Br2N3O6. The van der Waals surface area contributed by atoms with Gasteiger partial charge in [-0.2, -0.15) is 0 Å². The van der Waals surface area contributed by atoms with Crippen molar-refractivity contribution >= 4 is 72.8 Å². The van der Waals surface area contributed by atoms with Crippen molar-refractivity contribution < 1.29 is 28.7 Å². The molecule has 33 heavy (non-hydrogen) atoms. The van der Waals surface area contributed by atoms with Crippen LogP contribution in [0.4, 0.5) is 11.4 Å². The fourth-order valence-corrected chi connectivity index (χ4v) is 7.03. The van der Waals surface area contributed by atoms with Crippen LogP contribution < -0.4 is 10.6 Å². The fraction of sp³-hybridized carbons (Fsp3) is 0.500. The van der Waals surface area contributed by atoms with Gasteiger partial charge in [-0.3, -0.25) is 24.1 Å². The largest absolute Gasteiger partial charge is 0.454 e. The van der Waals surface area contributed by atoms with E-state index < -0.39 is 36.4 Å². The Morgan fingerprint density at radius 1 is 1.00 bits per heavy atom. The Hall–Kier alpha value is -2.27. The van der Waals surface area contributed by atoms with Crippen molar-refractivity contribution in [1.29, 1.82) is 0 Å². The van der Waals surface area contributed by atoms with E-state index in [2.05, 4.69) is 42.5 Å². The molecule has 2 aliphatic carbocycles. The first-order valence-electron chi connectivity index (χ1n) is 10.6. The molecule has 2 saturated carbocycles. The monoisotopic (exact) mass is 583 g/mol. The number of esters is 1. The molecule has 11 heteroatoms. The van der Waals surface area contributed by atoms with Crippen molar-refractivity contribution in [3.63, 3.8) is 0 Å². The third-order valence-corrected chi connectivity index (χ3v) is 9.79. The van der Waals surface area contributed by atoms with E-state index in [1.165, 1.54) is 13.8 Å². The molecule has 1 saturated heterocycles. The molecule has 1 aliphatic heterocycles. The van der Waals surface area contributed by atoms with Crippen LogP contribution in [0, 0.1) is 23.7 Å². The van der Waals surface area contributed by atoms with Crippen LogP contribution in [0.5, 0.6) is 0 Å². The number of hydrogen-bond acceptors (Lipinski definition) is 6. The third-order valence-electron chi connectivity index (χ3n) is 6.58. The van der Waals surface area contributed by atoms with Gasteiger partial charge in [-0.05, 0) is 49.4 Å². The molecule has 0 radical (unpaired) electrons. The van der Waals surface area contributed by atoms with Crippen LogP contribution >= 0.6 is 31.9 Å². The first-order chi connectivity index (χ1) is 15.6. The van der Waals surface area contributed by atoms with Crippen LogP contribution in [-0.2, 0) is 28.7 Å². The van der Waals surface area contributed by atoms with E-state index in [1.54, 1.807) is 24.3 Å². The topological polar surface area (TPSA) is 122 Å². The quantitative estimate of drug-likeness (QED) is 0.301. The lowest BCUT2D eigenvalue weighted by Gasteiger charge is -2.28. The van der Waals surface area contributed by atoms with E-state index >= 15 is 0 Å². The zero-order valence-corrected chi connectivity index (χ0v) is 21.1. The lowest BCUT2D eigenvalue weighted by atomic mass is 9.81. The molecular weight excluding hydrogens is 562 g/mol. The van der Waals surface area contributed by atoms with E-state index in [1.807, 2.05) is 0 Å². The molecule has 1 heterocycles. The number of amides is 4. The summed E-state index contributed by atoms with van der Waals surface area (Å²) in [5, 5.41) is 5.19. The molecule has 9 nitrogen and oxygen atoms in total. The van der Waals surface area contributed by atoms with Crippen molar-refractivity contribution in [2.45, 2.75) is 36.0 Å². The number of hydrogen-bond donors (Lipinski definition) is 2. The SMILES string of the molecule is CC(=O)Nc1ccc(NC(=O)COC(=O)[C@H](C)N2C(=O)[C@@H]3[C@H]4C[C@@H]([C@H](Br)[C@@H]4Br)[C@@H]3C2=O)cc1. The Bertz CT molecular complexity index is 984. The van der Waals surface area contributed by atoms with Gasteiger partial charge in [0, 0.05) is 28.0 Å². The fourth-order valence-electron chi connectivity index (χ4n) is 5.15. The average Bonchev–Trinajstić information content (AvgIpc) is 3.37. The van der Waals surface area contributed by atoms with E-state index in [0.29, 0.717) is 11.4 Å². The minimum absolute atomic E-state index is 0.0526. The highest BCUT2D eigenvalue weighted by Gasteiger charge is 2.67. The molecule has 2 N–H and O–H groups in total. The molecule has 0 spiro atoms. The molecule has 4 amide bonds. The number of ether oxygens (including phenoxy) is 1. The van der Waals surface area contributed by atoms with E-state index in [4.69, 9.17) is 4.74 Å². The zero-order valence-electron chi connectivity index (χ0n) is 17.9. The number of imide groups is 1. The van der Waals surface area contributed by atoms with Crippen molar-refractivity contribution in [3.8, 4) is 0 Å². The number of fused-ring (bicyclic) bond motifs is 5. The summed E-state index contributed by atoms with van der Waals surface area (Å²) < 4.78 is 5.08. The van der Waals surface area contributed by atoms with Crippen LogP contribution in [0.3, 0.4) is 0 Å². The Labute approximate surface area is 207 Å². The number of carbonyl (C=O) groups excluding carboxylic acids is 5. The lowest BCUT2D eigenvalue weighted by Crippen LogP contribution is -2.45. The molecule has 7 atom stereocenters. The maximum atomic E-state index is 13.0. The molecule has 2 bridgehead atoms. The predicted molar refractivity (Wildman–Crippen MR) is 126 cm³/mol. The number of carbonyl (C=O) groups is 5. The second kappa shape index (κ2) is 9.17.